The zero-order valence-electron chi connectivity index (χ0n) is 12.2. The molecule has 0 atom stereocenters. The maximum absolute atomic E-state index is 10.2. The van der Waals surface area contributed by atoms with Gasteiger partial charge in [0.15, 0.2) is 11.5 Å². The summed E-state index contributed by atoms with van der Waals surface area (Å²) in [7, 11) is 0. The van der Waals surface area contributed by atoms with Crippen LogP contribution in [0.5, 0.6) is 11.5 Å². The van der Waals surface area contributed by atoms with E-state index in [0.717, 1.165) is 11.1 Å². The molecule has 0 aliphatic carbocycles. The summed E-state index contributed by atoms with van der Waals surface area (Å²) in [5.74, 6) is 0.356. The first-order valence-corrected chi connectivity index (χ1v) is 7.85. The van der Waals surface area contributed by atoms with Crippen LogP contribution in [0.3, 0.4) is 0 Å². The van der Waals surface area contributed by atoms with Crippen LogP contribution in [0.15, 0.2) is 66.7 Å². The van der Waals surface area contributed by atoms with Crippen LogP contribution in [-0.2, 0) is 6.61 Å². The van der Waals surface area contributed by atoms with Crippen molar-refractivity contribution >= 4 is 23.2 Å². The van der Waals surface area contributed by atoms with E-state index in [4.69, 9.17) is 27.9 Å². The van der Waals surface area contributed by atoms with Gasteiger partial charge in [-0.1, -0.05) is 71.7 Å². The maximum Gasteiger partial charge on any atom is 0.170 e. The van der Waals surface area contributed by atoms with Crippen molar-refractivity contribution in [1.82, 2.24) is 0 Å². The molecule has 0 aromatic heterocycles. The molecule has 0 heterocycles. The largest absolute Gasteiger partial charge is 0.504 e. The molecule has 0 fully saturated rings. The number of rotatable bonds is 4. The molecule has 4 heteroatoms. The highest BCUT2D eigenvalue weighted by molar-refractivity contribution is 6.37. The van der Waals surface area contributed by atoms with Gasteiger partial charge >= 0.3 is 0 Å². The zero-order chi connectivity index (χ0) is 16.2. The first-order valence-electron chi connectivity index (χ1n) is 7.10. The van der Waals surface area contributed by atoms with Gasteiger partial charge in [-0.25, -0.2) is 0 Å². The van der Waals surface area contributed by atoms with E-state index in [1.807, 2.05) is 48.5 Å². The monoisotopic (exact) mass is 344 g/mol. The number of hydrogen-bond donors (Lipinski definition) is 1. The highest BCUT2D eigenvalue weighted by atomic mass is 35.5. The summed E-state index contributed by atoms with van der Waals surface area (Å²) in [6, 6.07) is 20.2. The van der Waals surface area contributed by atoms with E-state index in [2.05, 4.69) is 0 Å². The smallest absolute Gasteiger partial charge is 0.170 e. The molecule has 3 rings (SSSR count). The van der Waals surface area contributed by atoms with Crippen molar-refractivity contribution in [3.8, 4) is 22.6 Å². The van der Waals surface area contributed by atoms with Crippen molar-refractivity contribution in [2.24, 2.45) is 0 Å². The van der Waals surface area contributed by atoms with Crippen molar-refractivity contribution in [3.05, 3.63) is 82.3 Å². The molecule has 0 aliphatic rings. The highest BCUT2D eigenvalue weighted by Gasteiger charge is 2.17. The number of phenolic OH excluding ortho intramolecular Hbond substituents is 1. The Labute approximate surface area is 144 Å². The normalized spacial score (nSPS) is 10.5. The minimum atomic E-state index is 0.0280. The first-order chi connectivity index (χ1) is 11.2. The Hall–Kier alpha value is -2.16. The van der Waals surface area contributed by atoms with Crippen LogP contribution < -0.4 is 4.74 Å². The number of halogens is 2. The summed E-state index contributed by atoms with van der Waals surface area (Å²) in [6.45, 7) is 0.326. The molecular weight excluding hydrogens is 331 g/mol. The second-order valence-electron chi connectivity index (χ2n) is 5.02. The maximum atomic E-state index is 10.2. The Morgan fingerprint density at radius 3 is 2.22 bits per heavy atom. The van der Waals surface area contributed by atoms with Crippen LogP contribution in [0, 0.1) is 0 Å². The Bertz CT molecular complexity index is 817. The fourth-order valence-corrected chi connectivity index (χ4v) is 2.82. The molecular formula is C19H14Cl2O2. The van der Waals surface area contributed by atoms with E-state index < -0.39 is 0 Å². The second-order valence-corrected chi connectivity index (χ2v) is 5.84. The van der Waals surface area contributed by atoms with Crippen LogP contribution in [-0.4, -0.2) is 5.11 Å². The minimum absolute atomic E-state index is 0.0280. The predicted molar refractivity (Wildman–Crippen MR) is 94.3 cm³/mol. The average Bonchev–Trinajstić information content (AvgIpc) is 2.57. The first kappa shape index (κ1) is 15.7. The van der Waals surface area contributed by atoms with Crippen LogP contribution in [0.25, 0.3) is 11.1 Å². The summed E-state index contributed by atoms with van der Waals surface area (Å²) in [4.78, 5) is 0. The summed E-state index contributed by atoms with van der Waals surface area (Å²) >= 11 is 12.6. The van der Waals surface area contributed by atoms with Crippen molar-refractivity contribution in [2.75, 3.05) is 0 Å². The van der Waals surface area contributed by atoms with Crippen LogP contribution in [0.4, 0.5) is 0 Å². The van der Waals surface area contributed by atoms with E-state index in [1.54, 1.807) is 12.1 Å². The molecule has 0 spiro atoms. The Morgan fingerprint density at radius 2 is 1.48 bits per heavy atom. The van der Waals surface area contributed by atoms with Crippen LogP contribution in [0.2, 0.25) is 10.0 Å². The molecule has 1 N–H and O–H groups in total. The Balaban J connectivity index is 2.03. The molecule has 116 valence electrons. The van der Waals surface area contributed by atoms with Crippen molar-refractivity contribution in [3.63, 3.8) is 0 Å². The predicted octanol–water partition coefficient (Wildman–Crippen LogP) is 5.95. The van der Waals surface area contributed by atoms with Gasteiger partial charge in [-0.15, -0.1) is 0 Å². The zero-order valence-corrected chi connectivity index (χ0v) is 13.7. The van der Waals surface area contributed by atoms with Crippen LogP contribution >= 0.6 is 23.2 Å². The van der Waals surface area contributed by atoms with Crippen molar-refractivity contribution in [2.45, 2.75) is 6.61 Å². The Kier molecular flexibility index (Phi) is 4.75. The van der Waals surface area contributed by atoms with Gasteiger partial charge < -0.3 is 9.84 Å². The van der Waals surface area contributed by atoms with E-state index >= 15 is 0 Å². The fourth-order valence-electron chi connectivity index (χ4n) is 2.34. The Morgan fingerprint density at radius 1 is 0.783 bits per heavy atom. The van der Waals surface area contributed by atoms with Gasteiger partial charge in [0, 0.05) is 16.1 Å². The molecule has 3 aromatic rings. The number of ether oxygens (including phenoxy) is 1. The number of aromatic hydroxyl groups is 1. The summed E-state index contributed by atoms with van der Waals surface area (Å²) in [5.41, 5.74) is 2.31. The molecule has 0 saturated carbocycles. The van der Waals surface area contributed by atoms with E-state index in [9.17, 15) is 5.11 Å². The molecule has 0 aliphatic heterocycles. The van der Waals surface area contributed by atoms with Gasteiger partial charge in [0.25, 0.3) is 0 Å². The lowest BCUT2D eigenvalue weighted by Gasteiger charge is -2.16. The number of benzene rings is 3. The third kappa shape index (κ3) is 3.44. The number of hydrogen-bond acceptors (Lipinski definition) is 2. The molecule has 0 saturated heterocycles. The third-order valence-electron chi connectivity index (χ3n) is 3.46. The SMILES string of the molecule is Oc1ccc(Cl)c(-c2ccccc2Cl)c1OCc1ccccc1. The van der Waals surface area contributed by atoms with Crippen molar-refractivity contribution < 1.29 is 9.84 Å². The summed E-state index contributed by atoms with van der Waals surface area (Å²) < 4.78 is 5.85. The lowest BCUT2D eigenvalue weighted by Crippen LogP contribution is -1.98. The van der Waals surface area contributed by atoms with E-state index in [0.29, 0.717) is 28.0 Å². The molecule has 0 radical (unpaired) electrons. The lowest BCUT2D eigenvalue weighted by molar-refractivity contribution is 0.290. The lowest BCUT2D eigenvalue weighted by atomic mass is 10.0. The van der Waals surface area contributed by atoms with Gasteiger partial charge in [-0.3, -0.25) is 0 Å². The fraction of sp³-hybridized carbons (Fsp3) is 0.0526. The standard InChI is InChI=1S/C19H14Cl2O2/c20-15-9-5-4-8-14(15)18-16(21)10-11-17(22)19(18)23-12-13-6-2-1-3-7-13/h1-11,22H,12H2. The molecule has 3 aromatic carbocycles. The average molecular weight is 345 g/mol. The van der Waals surface area contributed by atoms with Gasteiger partial charge in [0.1, 0.15) is 6.61 Å². The molecule has 0 unspecified atom stereocenters. The topological polar surface area (TPSA) is 29.5 Å². The minimum Gasteiger partial charge on any atom is -0.504 e. The highest BCUT2D eigenvalue weighted by Crippen LogP contribution is 2.45. The second kappa shape index (κ2) is 6.95. The van der Waals surface area contributed by atoms with Gasteiger partial charge in [0.2, 0.25) is 0 Å². The summed E-state index contributed by atoms with van der Waals surface area (Å²) in [5, 5.41) is 11.2. The third-order valence-corrected chi connectivity index (χ3v) is 4.10. The van der Waals surface area contributed by atoms with E-state index in [-0.39, 0.29) is 5.75 Å². The molecule has 0 bridgehead atoms. The summed E-state index contributed by atoms with van der Waals surface area (Å²) in [6.07, 6.45) is 0. The number of phenols is 1. The quantitative estimate of drug-likeness (QED) is 0.634. The van der Waals surface area contributed by atoms with E-state index in [1.165, 1.54) is 6.07 Å². The van der Waals surface area contributed by atoms with Crippen molar-refractivity contribution in [1.29, 1.82) is 0 Å². The molecule has 0 amide bonds. The van der Waals surface area contributed by atoms with Gasteiger partial charge in [-0.2, -0.15) is 0 Å². The molecule has 23 heavy (non-hydrogen) atoms. The molecule has 2 nitrogen and oxygen atoms in total. The van der Waals surface area contributed by atoms with Gasteiger partial charge in [-0.05, 0) is 23.8 Å². The van der Waals surface area contributed by atoms with Gasteiger partial charge in [0.05, 0.1) is 5.02 Å². The van der Waals surface area contributed by atoms with Crippen LogP contribution in [0.1, 0.15) is 5.56 Å².